The van der Waals surface area contributed by atoms with E-state index in [0.717, 1.165) is 31.0 Å². The van der Waals surface area contributed by atoms with Crippen molar-refractivity contribution in [1.29, 1.82) is 0 Å². The van der Waals surface area contributed by atoms with Gasteiger partial charge in [-0.3, -0.25) is 9.79 Å². The second-order valence-corrected chi connectivity index (χ2v) is 8.41. The molecule has 2 unspecified atom stereocenters. The number of amidine groups is 1. The fraction of sp³-hybridized carbons (Fsp3) is 0.400. The van der Waals surface area contributed by atoms with E-state index < -0.39 is 30.3 Å². The monoisotopic (exact) mass is 451 g/mol. The van der Waals surface area contributed by atoms with Gasteiger partial charge >= 0.3 is 0 Å². The summed E-state index contributed by atoms with van der Waals surface area (Å²) in [6.07, 6.45) is 2.13. The van der Waals surface area contributed by atoms with Crippen LogP contribution in [0.1, 0.15) is 35.3 Å². The second-order valence-electron chi connectivity index (χ2n) is 7.37. The van der Waals surface area contributed by atoms with Crippen LogP contribution >= 0.6 is 11.8 Å². The summed E-state index contributed by atoms with van der Waals surface area (Å²) in [5.74, 6) is -0.127. The molecule has 3 N–H and O–H groups in total. The average molecular weight is 451 g/mol. The fourth-order valence-corrected chi connectivity index (χ4v) is 5.09. The lowest BCUT2D eigenvalue weighted by Crippen LogP contribution is -2.37. The minimum Gasteiger partial charge on any atom is -0.470 e. The molecule has 0 radical (unpaired) electrons. The number of thioether (sulfide) groups is 1. The zero-order valence-electron chi connectivity index (χ0n) is 16.4. The fourth-order valence-electron chi connectivity index (χ4n) is 4.05. The van der Waals surface area contributed by atoms with Crippen LogP contribution < -0.4 is 15.8 Å². The molecule has 2 aromatic rings. The summed E-state index contributed by atoms with van der Waals surface area (Å²) >= 11 is 1.48. The predicted octanol–water partition coefficient (Wildman–Crippen LogP) is 3.57. The van der Waals surface area contributed by atoms with Crippen molar-refractivity contribution in [2.45, 2.75) is 31.2 Å². The van der Waals surface area contributed by atoms with E-state index in [1.54, 1.807) is 6.07 Å². The lowest BCUT2D eigenvalue weighted by molar-refractivity contribution is 0.0792. The number of amides is 1. The molecule has 31 heavy (non-hydrogen) atoms. The topological polar surface area (TPSA) is 102 Å². The van der Waals surface area contributed by atoms with Crippen molar-refractivity contribution in [1.82, 2.24) is 9.97 Å². The molecule has 1 saturated carbocycles. The first-order valence-electron chi connectivity index (χ1n) is 9.70. The van der Waals surface area contributed by atoms with Crippen molar-refractivity contribution in [3.05, 3.63) is 47.7 Å². The highest BCUT2D eigenvalue weighted by Crippen LogP contribution is 2.51. The van der Waals surface area contributed by atoms with E-state index in [4.69, 9.17) is 10.5 Å². The van der Waals surface area contributed by atoms with E-state index in [0.29, 0.717) is 22.8 Å². The molecule has 7 nitrogen and oxygen atoms in total. The lowest BCUT2D eigenvalue weighted by atomic mass is 9.81. The summed E-state index contributed by atoms with van der Waals surface area (Å²) in [4.78, 5) is 24.8. The third-order valence-electron chi connectivity index (χ3n) is 5.44. The van der Waals surface area contributed by atoms with Gasteiger partial charge < -0.3 is 15.8 Å². The van der Waals surface area contributed by atoms with Gasteiger partial charge in [-0.15, -0.1) is 0 Å². The maximum Gasteiger partial charge on any atom is 0.275 e. The summed E-state index contributed by atoms with van der Waals surface area (Å²) < 4.78 is 43.9. The number of rotatable bonds is 6. The molecule has 4 rings (SSSR count). The number of hydrogen-bond donors (Lipinski definition) is 2. The molecule has 1 aliphatic carbocycles. The third kappa shape index (κ3) is 4.46. The van der Waals surface area contributed by atoms with E-state index in [9.17, 15) is 18.0 Å². The number of ether oxygens (including phenoxy) is 1. The maximum atomic E-state index is 14.8. The smallest absolute Gasteiger partial charge is 0.275 e. The number of alkyl halides is 2. The first-order valence-corrected chi connectivity index (χ1v) is 10.7. The molecule has 1 aromatic heterocycles. The number of carbonyl (C=O) groups is 1. The number of anilines is 1. The van der Waals surface area contributed by atoms with Gasteiger partial charge in [-0.05, 0) is 37.0 Å². The third-order valence-corrected chi connectivity index (χ3v) is 6.39. The first kappa shape index (κ1) is 21.4. The Morgan fingerprint density at radius 1 is 1.35 bits per heavy atom. The molecular weight excluding hydrogens is 431 g/mol. The highest BCUT2D eigenvalue weighted by molar-refractivity contribution is 8.13. The highest BCUT2D eigenvalue weighted by atomic mass is 32.2. The minimum atomic E-state index is -2.64. The Morgan fingerprint density at radius 3 is 2.94 bits per heavy atom. The summed E-state index contributed by atoms with van der Waals surface area (Å²) in [6.45, 7) is -0.813. The molecule has 11 heteroatoms. The van der Waals surface area contributed by atoms with Crippen LogP contribution in [0.25, 0.3) is 0 Å². The summed E-state index contributed by atoms with van der Waals surface area (Å²) in [6, 6.07) is 4.34. The number of nitrogens with zero attached hydrogens (tertiary/aromatic N) is 3. The Bertz CT molecular complexity index is 1000. The Balaban J connectivity index is 1.54. The van der Waals surface area contributed by atoms with E-state index in [2.05, 4.69) is 20.3 Å². The van der Waals surface area contributed by atoms with E-state index in [1.165, 1.54) is 23.9 Å². The standard InChI is InChI=1S/C20H20F3N5O2S/c21-14-4-3-12(6-13(14)20-5-1-2-11(20)10-31-19(24)28-20)27-18(29)15-7-26-17(8-25-15)30-9-16(22)23/h3-4,6-8,11,16H,1-2,5,9-10H2,(H2,24,28)(H,27,29). The van der Waals surface area contributed by atoms with Crippen LogP contribution in [0.3, 0.4) is 0 Å². The maximum absolute atomic E-state index is 14.8. The largest absolute Gasteiger partial charge is 0.470 e. The lowest BCUT2D eigenvalue weighted by Gasteiger charge is -2.36. The van der Waals surface area contributed by atoms with Gasteiger partial charge in [-0.2, -0.15) is 0 Å². The quantitative estimate of drug-likeness (QED) is 0.696. The number of aromatic nitrogens is 2. The molecule has 164 valence electrons. The van der Waals surface area contributed by atoms with Crippen LogP contribution in [0, 0.1) is 11.7 Å². The van der Waals surface area contributed by atoms with Gasteiger partial charge in [0.2, 0.25) is 5.88 Å². The molecule has 2 aliphatic rings. The molecule has 1 amide bonds. The van der Waals surface area contributed by atoms with Gasteiger partial charge in [0.1, 0.15) is 11.5 Å². The van der Waals surface area contributed by atoms with E-state index >= 15 is 0 Å². The predicted molar refractivity (Wildman–Crippen MR) is 111 cm³/mol. The van der Waals surface area contributed by atoms with Gasteiger partial charge in [0.05, 0.1) is 17.9 Å². The minimum absolute atomic E-state index is 0.0384. The first-order chi connectivity index (χ1) is 14.9. The number of aliphatic imine (C=N–C) groups is 1. The molecule has 1 fully saturated rings. The summed E-state index contributed by atoms with van der Waals surface area (Å²) in [5, 5.41) is 3.11. The number of nitrogens with two attached hydrogens (primary N) is 1. The van der Waals surface area contributed by atoms with Crippen molar-refractivity contribution in [2.75, 3.05) is 17.7 Å². The number of benzene rings is 1. The zero-order chi connectivity index (χ0) is 22.0. The van der Waals surface area contributed by atoms with Gasteiger partial charge in [-0.25, -0.2) is 23.1 Å². The molecular formula is C20H20F3N5O2S. The second kappa shape index (κ2) is 8.74. The van der Waals surface area contributed by atoms with Crippen LogP contribution in [0.5, 0.6) is 5.88 Å². The number of hydrogen-bond acceptors (Lipinski definition) is 7. The van der Waals surface area contributed by atoms with Crippen molar-refractivity contribution < 1.29 is 22.7 Å². The van der Waals surface area contributed by atoms with Gasteiger partial charge in [0.15, 0.2) is 11.8 Å². The van der Waals surface area contributed by atoms with Crippen LogP contribution in [-0.2, 0) is 5.54 Å². The Labute approximate surface area is 180 Å². The highest BCUT2D eigenvalue weighted by Gasteiger charge is 2.48. The normalized spacial score (nSPS) is 22.7. The van der Waals surface area contributed by atoms with Gasteiger partial charge in [-0.1, -0.05) is 18.2 Å². The Kier molecular flexibility index (Phi) is 6.03. The molecule has 2 heterocycles. The Morgan fingerprint density at radius 2 is 2.19 bits per heavy atom. The SMILES string of the molecule is NC1=NC2(c3cc(NC(=O)c4cnc(OCC(F)F)cn4)ccc3F)CCCC2CS1. The number of carbonyl (C=O) groups excluding carboxylic acids is 1. The number of nitrogens with one attached hydrogen (secondary N) is 1. The Hall–Kier alpha value is -2.82. The van der Waals surface area contributed by atoms with E-state index in [-0.39, 0.29) is 17.5 Å². The molecule has 0 bridgehead atoms. The number of halogens is 3. The van der Waals surface area contributed by atoms with Crippen LogP contribution in [0.2, 0.25) is 0 Å². The zero-order valence-corrected chi connectivity index (χ0v) is 17.2. The van der Waals surface area contributed by atoms with Crippen LogP contribution in [0.4, 0.5) is 18.9 Å². The molecule has 1 aliphatic heterocycles. The molecule has 1 aromatic carbocycles. The number of fused-ring (bicyclic) bond motifs is 1. The van der Waals surface area contributed by atoms with Crippen LogP contribution in [-0.4, -0.2) is 39.8 Å². The van der Waals surface area contributed by atoms with Crippen molar-refractivity contribution in [3.8, 4) is 5.88 Å². The van der Waals surface area contributed by atoms with Crippen LogP contribution in [0.15, 0.2) is 35.6 Å². The summed E-state index contributed by atoms with van der Waals surface area (Å²) in [7, 11) is 0. The molecule has 0 spiro atoms. The molecule has 2 atom stereocenters. The van der Waals surface area contributed by atoms with Crippen molar-refractivity contribution in [3.63, 3.8) is 0 Å². The van der Waals surface area contributed by atoms with Crippen molar-refractivity contribution >= 4 is 28.5 Å². The summed E-state index contributed by atoms with van der Waals surface area (Å²) in [5.41, 5.74) is 6.00. The average Bonchev–Trinajstić information content (AvgIpc) is 3.17. The van der Waals surface area contributed by atoms with E-state index in [1.807, 2.05) is 0 Å². The van der Waals surface area contributed by atoms with Gasteiger partial charge in [0, 0.05) is 17.0 Å². The van der Waals surface area contributed by atoms with Gasteiger partial charge in [0.25, 0.3) is 12.3 Å². The van der Waals surface area contributed by atoms with Crippen molar-refractivity contribution in [2.24, 2.45) is 16.6 Å². The molecule has 0 saturated heterocycles.